The summed E-state index contributed by atoms with van der Waals surface area (Å²) in [5.41, 5.74) is 3.69. The number of esters is 1. The molecule has 164 valence electrons. The van der Waals surface area contributed by atoms with E-state index in [1.165, 1.54) is 7.11 Å². The molecule has 6 heteroatoms. The fourth-order valence-corrected chi connectivity index (χ4v) is 3.66. The largest absolute Gasteiger partial charge is 0.489 e. The van der Waals surface area contributed by atoms with Crippen molar-refractivity contribution in [2.45, 2.75) is 6.61 Å². The average Bonchev–Trinajstić information content (AvgIpc) is 3.16. The summed E-state index contributed by atoms with van der Waals surface area (Å²) in [7, 11) is 1.35. The predicted molar refractivity (Wildman–Crippen MR) is 122 cm³/mol. The van der Waals surface area contributed by atoms with Crippen molar-refractivity contribution >= 4 is 17.8 Å². The number of benzene rings is 3. The SMILES string of the molecule is COC(=O)c1ccc(COc2ccc3c(c2)OC(=CC2=Cc4ccccc4OC2)C3=O)cc1. The van der Waals surface area contributed by atoms with Gasteiger partial charge in [0.15, 0.2) is 5.76 Å². The molecule has 33 heavy (non-hydrogen) atoms. The highest BCUT2D eigenvalue weighted by Crippen LogP contribution is 2.35. The van der Waals surface area contributed by atoms with Crippen LogP contribution < -0.4 is 14.2 Å². The van der Waals surface area contributed by atoms with Crippen LogP contribution in [0.25, 0.3) is 6.08 Å². The van der Waals surface area contributed by atoms with Crippen molar-refractivity contribution in [1.29, 1.82) is 0 Å². The summed E-state index contributed by atoms with van der Waals surface area (Å²) in [6, 6.07) is 19.9. The first-order chi connectivity index (χ1) is 16.1. The van der Waals surface area contributed by atoms with Crippen LogP contribution in [0.15, 0.2) is 84.1 Å². The van der Waals surface area contributed by atoms with Crippen molar-refractivity contribution < 1.29 is 28.5 Å². The van der Waals surface area contributed by atoms with Gasteiger partial charge < -0.3 is 18.9 Å². The number of ketones is 1. The van der Waals surface area contributed by atoms with Crippen molar-refractivity contribution in [2.75, 3.05) is 13.7 Å². The molecule has 2 aliphatic rings. The number of carbonyl (C=O) groups is 2. The van der Waals surface area contributed by atoms with Gasteiger partial charge in [0.1, 0.15) is 30.5 Å². The molecule has 5 rings (SSSR count). The Morgan fingerprint density at radius 2 is 1.85 bits per heavy atom. The zero-order chi connectivity index (χ0) is 22.8. The number of methoxy groups -OCH3 is 1. The van der Waals surface area contributed by atoms with Gasteiger partial charge in [-0.1, -0.05) is 30.3 Å². The second kappa shape index (κ2) is 8.67. The minimum atomic E-state index is -0.383. The molecule has 0 aromatic heterocycles. The van der Waals surface area contributed by atoms with Crippen molar-refractivity contribution in [1.82, 2.24) is 0 Å². The monoisotopic (exact) mass is 440 g/mol. The standard InChI is InChI=1S/C27H20O6/c1-30-27(29)19-8-6-17(7-9-19)15-31-21-10-11-22-24(14-21)33-25(26(22)28)13-18-12-20-4-2-3-5-23(20)32-16-18/h2-14H,15-16H2,1H3. The summed E-state index contributed by atoms with van der Waals surface area (Å²) in [4.78, 5) is 24.3. The summed E-state index contributed by atoms with van der Waals surface area (Å²) in [5, 5.41) is 0. The normalized spacial score (nSPS) is 15.1. The Labute approximate surface area is 190 Å². The molecule has 6 nitrogen and oxygen atoms in total. The van der Waals surface area contributed by atoms with Crippen molar-refractivity contribution in [3.05, 3.63) is 106 Å². The Kier molecular flexibility index (Phi) is 5.40. The van der Waals surface area contributed by atoms with E-state index in [2.05, 4.69) is 0 Å². The molecule has 2 heterocycles. The van der Waals surface area contributed by atoms with Crippen LogP contribution in [0.1, 0.15) is 31.8 Å². The molecule has 0 saturated heterocycles. The van der Waals surface area contributed by atoms with Gasteiger partial charge in [-0.15, -0.1) is 0 Å². The van der Waals surface area contributed by atoms with Crippen LogP contribution in [0.3, 0.4) is 0 Å². The van der Waals surface area contributed by atoms with E-state index in [0.717, 1.165) is 22.4 Å². The fraction of sp³-hybridized carbons (Fsp3) is 0.111. The molecule has 3 aromatic rings. The quantitative estimate of drug-likeness (QED) is 0.411. The number of ether oxygens (including phenoxy) is 4. The van der Waals surface area contributed by atoms with E-state index in [4.69, 9.17) is 18.9 Å². The molecule has 0 radical (unpaired) electrons. The van der Waals surface area contributed by atoms with E-state index in [9.17, 15) is 9.59 Å². The Morgan fingerprint density at radius 1 is 1.03 bits per heavy atom. The lowest BCUT2D eigenvalue weighted by molar-refractivity contribution is 0.0600. The lowest BCUT2D eigenvalue weighted by Crippen LogP contribution is -2.08. The van der Waals surface area contributed by atoms with Crippen LogP contribution in [-0.4, -0.2) is 25.5 Å². The lowest BCUT2D eigenvalue weighted by Gasteiger charge is -2.15. The second-order valence-corrected chi connectivity index (χ2v) is 7.62. The highest BCUT2D eigenvalue weighted by atomic mass is 16.5. The first-order valence-corrected chi connectivity index (χ1v) is 10.4. The second-order valence-electron chi connectivity index (χ2n) is 7.62. The molecular formula is C27H20O6. The molecule has 2 aliphatic heterocycles. The van der Waals surface area contributed by atoms with Crippen LogP contribution in [0.5, 0.6) is 17.2 Å². The molecule has 0 aliphatic carbocycles. The van der Waals surface area contributed by atoms with Crippen LogP contribution in [0, 0.1) is 0 Å². The molecule has 0 amide bonds. The van der Waals surface area contributed by atoms with Gasteiger partial charge in [0.2, 0.25) is 5.78 Å². The Balaban J connectivity index is 1.28. The number of para-hydroxylation sites is 1. The van der Waals surface area contributed by atoms with Gasteiger partial charge in [-0.05, 0) is 53.6 Å². The zero-order valence-corrected chi connectivity index (χ0v) is 17.9. The maximum Gasteiger partial charge on any atom is 0.337 e. The first-order valence-electron chi connectivity index (χ1n) is 10.4. The molecule has 0 saturated carbocycles. The van der Waals surface area contributed by atoms with E-state index < -0.39 is 0 Å². The fourth-order valence-electron chi connectivity index (χ4n) is 3.66. The Morgan fingerprint density at radius 3 is 2.67 bits per heavy atom. The number of allylic oxidation sites excluding steroid dienone is 1. The Bertz CT molecular complexity index is 1300. The molecule has 0 bridgehead atoms. The summed E-state index contributed by atoms with van der Waals surface area (Å²) in [6.07, 6.45) is 3.72. The summed E-state index contributed by atoms with van der Waals surface area (Å²) in [6.45, 7) is 0.678. The topological polar surface area (TPSA) is 71.1 Å². The number of Topliss-reactive ketones (excluding diaryl/α,β-unsaturated/α-hetero) is 1. The van der Waals surface area contributed by atoms with E-state index in [0.29, 0.717) is 35.8 Å². The first kappa shape index (κ1) is 20.6. The lowest BCUT2D eigenvalue weighted by atomic mass is 10.1. The molecule has 3 aromatic carbocycles. The maximum atomic E-state index is 12.8. The van der Waals surface area contributed by atoms with E-state index >= 15 is 0 Å². The average molecular weight is 440 g/mol. The maximum absolute atomic E-state index is 12.8. The van der Waals surface area contributed by atoms with Gasteiger partial charge in [0.05, 0.1) is 18.2 Å². The molecular weight excluding hydrogens is 420 g/mol. The Hall–Kier alpha value is -4.32. The van der Waals surface area contributed by atoms with Crippen LogP contribution >= 0.6 is 0 Å². The minimum Gasteiger partial charge on any atom is -0.489 e. The predicted octanol–water partition coefficient (Wildman–Crippen LogP) is 4.99. The number of hydrogen-bond donors (Lipinski definition) is 0. The van der Waals surface area contributed by atoms with Gasteiger partial charge in [-0.25, -0.2) is 4.79 Å². The number of fused-ring (bicyclic) bond motifs is 2. The van der Waals surface area contributed by atoms with Crippen molar-refractivity contribution in [2.24, 2.45) is 0 Å². The van der Waals surface area contributed by atoms with Gasteiger partial charge >= 0.3 is 5.97 Å². The smallest absolute Gasteiger partial charge is 0.337 e. The van der Waals surface area contributed by atoms with Gasteiger partial charge in [0.25, 0.3) is 0 Å². The van der Waals surface area contributed by atoms with Crippen molar-refractivity contribution in [3.8, 4) is 17.2 Å². The van der Waals surface area contributed by atoms with Crippen LogP contribution in [0.4, 0.5) is 0 Å². The molecule has 0 spiro atoms. The zero-order valence-electron chi connectivity index (χ0n) is 17.9. The summed E-state index contributed by atoms with van der Waals surface area (Å²) >= 11 is 0. The highest BCUT2D eigenvalue weighted by molar-refractivity contribution is 6.12. The number of carbonyl (C=O) groups excluding carboxylic acids is 2. The van der Waals surface area contributed by atoms with Gasteiger partial charge in [-0.3, -0.25) is 4.79 Å². The molecule has 0 unspecified atom stereocenters. The van der Waals surface area contributed by atoms with Crippen LogP contribution in [-0.2, 0) is 11.3 Å². The summed E-state index contributed by atoms with van der Waals surface area (Å²) < 4.78 is 22.1. The highest BCUT2D eigenvalue weighted by Gasteiger charge is 2.28. The number of rotatable bonds is 5. The number of hydrogen-bond acceptors (Lipinski definition) is 6. The third-order valence-corrected chi connectivity index (χ3v) is 5.39. The third-order valence-electron chi connectivity index (χ3n) is 5.39. The van der Waals surface area contributed by atoms with Gasteiger partial charge in [-0.2, -0.15) is 0 Å². The molecule has 0 fully saturated rings. The van der Waals surface area contributed by atoms with Crippen molar-refractivity contribution in [3.63, 3.8) is 0 Å². The van der Waals surface area contributed by atoms with E-state index in [-0.39, 0.29) is 17.5 Å². The van der Waals surface area contributed by atoms with Gasteiger partial charge in [0, 0.05) is 11.6 Å². The molecule has 0 N–H and O–H groups in total. The minimum absolute atomic E-state index is 0.172. The third kappa shape index (κ3) is 4.23. The van der Waals surface area contributed by atoms with E-state index in [1.54, 1.807) is 48.5 Å². The molecule has 0 atom stereocenters. The van der Waals surface area contributed by atoms with E-state index in [1.807, 2.05) is 30.3 Å². The summed E-state index contributed by atoms with van der Waals surface area (Å²) in [5.74, 6) is 1.57. The van der Waals surface area contributed by atoms with Crippen LogP contribution in [0.2, 0.25) is 0 Å².